The lowest BCUT2D eigenvalue weighted by Crippen LogP contribution is -2.21. The lowest BCUT2D eigenvalue weighted by atomic mass is 10.2. The molecule has 0 aromatic heterocycles. The SMILES string of the molecule is CN(C)CCC(=O)Nc1c(Cl)cc(C(=O)O)cc1Cl. The van der Waals surface area contributed by atoms with E-state index in [9.17, 15) is 9.59 Å². The molecule has 2 N–H and O–H groups in total. The monoisotopic (exact) mass is 304 g/mol. The number of carboxylic acid groups (broad SMARTS) is 1. The fourth-order valence-electron chi connectivity index (χ4n) is 1.34. The van der Waals surface area contributed by atoms with Gasteiger partial charge in [-0.3, -0.25) is 4.79 Å². The Kier molecular flexibility index (Phi) is 5.60. The van der Waals surface area contributed by atoms with Crippen molar-refractivity contribution in [3.05, 3.63) is 27.7 Å². The van der Waals surface area contributed by atoms with E-state index in [1.165, 1.54) is 12.1 Å². The third kappa shape index (κ3) is 4.70. The first-order valence-electron chi connectivity index (χ1n) is 5.48. The maximum absolute atomic E-state index is 11.7. The quantitative estimate of drug-likeness (QED) is 0.877. The molecule has 5 nitrogen and oxygen atoms in total. The van der Waals surface area contributed by atoms with E-state index in [1.807, 2.05) is 19.0 Å². The Hall–Kier alpha value is -1.30. The van der Waals surface area contributed by atoms with Gasteiger partial charge >= 0.3 is 5.97 Å². The standard InChI is InChI=1S/C12H14Cl2N2O3/c1-16(2)4-3-10(17)15-11-8(13)5-7(12(18)19)6-9(11)14/h5-6H,3-4H2,1-2H3,(H,15,17)(H,18,19). The minimum Gasteiger partial charge on any atom is -0.478 e. The summed E-state index contributed by atoms with van der Waals surface area (Å²) >= 11 is 11.8. The number of aromatic carboxylic acids is 1. The normalized spacial score (nSPS) is 10.6. The Morgan fingerprint density at radius 3 is 2.21 bits per heavy atom. The Labute approximate surface area is 121 Å². The first-order chi connectivity index (χ1) is 8.81. The van der Waals surface area contributed by atoms with Crippen molar-refractivity contribution in [1.29, 1.82) is 0 Å². The van der Waals surface area contributed by atoms with Crippen LogP contribution in [0.4, 0.5) is 5.69 Å². The number of carbonyl (C=O) groups excluding carboxylic acids is 1. The first kappa shape index (κ1) is 15.8. The van der Waals surface area contributed by atoms with E-state index in [0.29, 0.717) is 13.0 Å². The second-order valence-electron chi connectivity index (χ2n) is 4.22. The topological polar surface area (TPSA) is 69.6 Å². The predicted molar refractivity (Wildman–Crippen MR) is 75.2 cm³/mol. The van der Waals surface area contributed by atoms with Gasteiger partial charge in [0, 0.05) is 13.0 Å². The van der Waals surface area contributed by atoms with Gasteiger partial charge in [0.2, 0.25) is 5.91 Å². The van der Waals surface area contributed by atoms with Crippen LogP contribution in [0.5, 0.6) is 0 Å². The third-order valence-corrected chi connectivity index (χ3v) is 2.94. The third-order valence-electron chi connectivity index (χ3n) is 2.34. The summed E-state index contributed by atoms with van der Waals surface area (Å²) in [6.07, 6.45) is 0.292. The minimum atomic E-state index is -1.13. The summed E-state index contributed by atoms with van der Waals surface area (Å²) in [6.45, 7) is 0.592. The van der Waals surface area contributed by atoms with Crippen molar-refractivity contribution in [3.63, 3.8) is 0 Å². The van der Waals surface area contributed by atoms with Crippen LogP contribution < -0.4 is 5.32 Å². The van der Waals surface area contributed by atoms with Crippen molar-refractivity contribution >= 4 is 40.8 Å². The van der Waals surface area contributed by atoms with Crippen molar-refractivity contribution in [2.75, 3.05) is 26.0 Å². The molecule has 0 heterocycles. The number of carboxylic acids is 1. The summed E-state index contributed by atoms with van der Waals surface area (Å²) < 4.78 is 0. The predicted octanol–water partition coefficient (Wildman–Crippen LogP) is 2.58. The van der Waals surface area contributed by atoms with Crippen LogP contribution in [0, 0.1) is 0 Å². The van der Waals surface area contributed by atoms with Gasteiger partial charge in [0.25, 0.3) is 0 Å². The molecule has 0 spiro atoms. The summed E-state index contributed by atoms with van der Waals surface area (Å²) in [5.41, 5.74) is 0.207. The summed E-state index contributed by atoms with van der Waals surface area (Å²) in [5, 5.41) is 11.6. The lowest BCUT2D eigenvalue weighted by molar-refractivity contribution is -0.116. The zero-order chi connectivity index (χ0) is 14.6. The highest BCUT2D eigenvalue weighted by Crippen LogP contribution is 2.32. The van der Waals surface area contributed by atoms with Crippen LogP contribution in [0.25, 0.3) is 0 Å². The van der Waals surface area contributed by atoms with Crippen LogP contribution >= 0.6 is 23.2 Å². The minimum absolute atomic E-state index is 0.0266. The number of anilines is 1. The Bertz CT molecular complexity index is 481. The van der Waals surface area contributed by atoms with E-state index < -0.39 is 5.97 Å². The molecule has 0 aliphatic rings. The molecule has 0 aliphatic heterocycles. The number of carbonyl (C=O) groups is 2. The maximum Gasteiger partial charge on any atom is 0.335 e. The van der Waals surface area contributed by atoms with E-state index in [-0.39, 0.29) is 27.2 Å². The Morgan fingerprint density at radius 2 is 1.79 bits per heavy atom. The maximum atomic E-state index is 11.7. The van der Waals surface area contributed by atoms with Crippen LogP contribution in [0.2, 0.25) is 10.0 Å². The van der Waals surface area contributed by atoms with Gasteiger partial charge in [-0.25, -0.2) is 4.79 Å². The molecule has 7 heteroatoms. The molecule has 1 aromatic carbocycles. The summed E-state index contributed by atoms with van der Waals surface area (Å²) in [7, 11) is 3.71. The summed E-state index contributed by atoms with van der Waals surface area (Å²) in [6, 6.07) is 2.49. The zero-order valence-corrected chi connectivity index (χ0v) is 12.0. The van der Waals surface area contributed by atoms with Crippen LogP contribution in [0.3, 0.4) is 0 Å². The Balaban J connectivity index is 2.84. The fourth-order valence-corrected chi connectivity index (χ4v) is 1.92. The molecule has 19 heavy (non-hydrogen) atoms. The molecule has 1 rings (SSSR count). The van der Waals surface area contributed by atoms with Crippen LogP contribution in [0.15, 0.2) is 12.1 Å². The highest BCUT2D eigenvalue weighted by Gasteiger charge is 2.14. The van der Waals surface area contributed by atoms with Crippen molar-refractivity contribution in [2.45, 2.75) is 6.42 Å². The van der Waals surface area contributed by atoms with Gasteiger partial charge in [-0.1, -0.05) is 23.2 Å². The van der Waals surface area contributed by atoms with Gasteiger partial charge in [-0.15, -0.1) is 0 Å². The molecule has 0 atom stereocenters. The number of hydrogen-bond donors (Lipinski definition) is 2. The number of nitrogens with zero attached hydrogens (tertiary/aromatic N) is 1. The second-order valence-corrected chi connectivity index (χ2v) is 5.04. The van der Waals surface area contributed by atoms with Gasteiger partial charge < -0.3 is 15.3 Å². The molecule has 104 valence electrons. The number of amides is 1. The molecular formula is C12H14Cl2N2O3. The summed E-state index contributed by atoms with van der Waals surface area (Å²) in [4.78, 5) is 24.3. The highest BCUT2D eigenvalue weighted by atomic mass is 35.5. The molecular weight excluding hydrogens is 291 g/mol. The van der Waals surface area contributed by atoms with Crippen molar-refractivity contribution in [1.82, 2.24) is 4.90 Å². The van der Waals surface area contributed by atoms with Gasteiger partial charge in [0.1, 0.15) is 0 Å². The average Bonchev–Trinajstić information content (AvgIpc) is 2.30. The number of benzene rings is 1. The molecule has 0 fully saturated rings. The fraction of sp³-hybridized carbons (Fsp3) is 0.333. The summed E-state index contributed by atoms with van der Waals surface area (Å²) in [5.74, 6) is -1.37. The molecule has 0 aliphatic carbocycles. The molecule has 1 aromatic rings. The molecule has 0 unspecified atom stereocenters. The van der Waals surface area contributed by atoms with Gasteiger partial charge in [-0.2, -0.15) is 0 Å². The molecule has 0 saturated heterocycles. The van der Waals surface area contributed by atoms with E-state index in [2.05, 4.69) is 5.32 Å². The highest BCUT2D eigenvalue weighted by molar-refractivity contribution is 6.40. The number of halogens is 2. The number of nitrogens with one attached hydrogen (secondary N) is 1. The molecule has 1 amide bonds. The van der Waals surface area contributed by atoms with Crippen molar-refractivity contribution < 1.29 is 14.7 Å². The molecule has 0 saturated carbocycles. The van der Waals surface area contributed by atoms with E-state index in [4.69, 9.17) is 28.3 Å². The first-order valence-corrected chi connectivity index (χ1v) is 6.23. The zero-order valence-electron chi connectivity index (χ0n) is 10.5. The van der Waals surface area contributed by atoms with Crippen LogP contribution in [0.1, 0.15) is 16.8 Å². The van der Waals surface area contributed by atoms with E-state index >= 15 is 0 Å². The average molecular weight is 305 g/mol. The lowest BCUT2D eigenvalue weighted by Gasteiger charge is -2.12. The Morgan fingerprint density at radius 1 is 1.26 bits per heavy atom. The second kappa shape index (κ2) is 6.75. The van der Waals surface area contributed by atoms with Gasteiger partial charge in [0.05, 0.1) is 21.3 Å². The van der Waals surface area contributed by atoms with Gasteiger partial charge in [0.15, 0.2) is 0 Å². The molecule has 0 radical (unpaired) electrons. The number of rotatable bonds is 5. The van der Waals surface area contributed by atoms with E-state index in [1.54, 1.807) is 0 Å². The van der Waals surface area contributed by atoms with Crippen LogP contribution in [-0.2, 0) is 4.79 Å². The largest absolute Gasteiger partial charge is 0.478 e. The van der Waals surface area contributed by atoms with E-state index in [0.717, 1.165) is 0 Å². The smallest absolute Gasteiger partial charge is 0.335 e. The molecule has 0 bridgehead atoms. The van der Waals surface area contributed by atoms with Crippen LogP contribution in [-0.4, -0.2) is 42.5 Å². The number of hydrogen-bond acceptors (Lipinski definition) is 3. The van der Waals surface area contributed by atoms with Crippen molar-refractivity contribution in [3.8, 4) is 0 Å². The van der Waals surface area contributed by atoms with Gasteiger partial charge in [-0.05, 0) is 26.2 Å². The van der Waals surface area contributed by atoms with Crippen molar-refractivity contribution in [2.24, 2.45) is 0 Å².